The summed E-state index contributed by atoms with van der Waals surface area (Å²) in [5.41, 5.74) is 5.96. The third-order valence-corrected chi connectivity index (χ3v) is 2.85. The molecular formula is C13H18F2N2O3. The van der Waals surface area contributed by atoms with Gasteiger partial charge in [0.2, 0.25) is 5.91 Å². The number of benzene rings is 1. The highest BCUT2D eigenvalue weighted by molar-refractivity contribution is 5.93. The zero-order valence-electron chi connectivity index (χ0n) is 11.5. The van der Waals surface area contributed by atoms with Crippen LogP contribution in [0.1, 0.15) is 13.8 Å². The molecule has 1 rings (SSSR count). The minimum absolute atomic E-state index is 0.145. The number of halogens is 2. The third-order valence-electron chi connectivity index (χ3n) is 2.85. The summed E-state index contributed by atoms with van der Waals surface area (Å²) in [7, 11) is 1.34. The molecule has 112 valence electrons. The maximum absolute atomic E-state index is 12.3. The lowest BCUT2D eigenvalue weighted by molar-refractivity contribution is -0.119. The Hall–Kier alpha value is -1.89. The van der Waals surface area contributed by atoms with Gasteiger partial charge in [0.1, 0.15) is 0 Å². The van der Waals surface area contributed by atoms with Crippen molar-refractivity contribution in [3.05, 3.63) is 18.2 Å². The molecule has 0 aromatic heterocycles. The number of ether oxygens (including phenoxy) is 2. The van der Waals surface area contributed by atoms with E-state index in [0.717, 1.165) is 0 Å². The van der Waals surface area contributed by atoms with Crippen LogP contribution in [0.4, 0.5) is 14.5 Å². The van der Waals surface area contributed by atoms with E-state index in [9.17, 15) is 13.6 Å². The molecule has 0 fully saturated rings. The average Bonchev–Trinajstić information content (AvgIpc) is 2.37. The van der Waals surface area contributed by atoms with Crippen molar-refractivity contribution in [2.24, 2.45) is 11.7 Å². The molecule has 5 nitrogen and oxygen atoms in total. The molecule has 1 amide bonds. The predicted molar refractivity (Wildman–Crippen MR) is 71.1 cm³/mol. The molecule has 0 aliphatic heterocycles. The number of amides is 1. The topological polar surface area (TPSA) is 73.6 Å². The van der Waals surface area contributed by atoms with Crippen molar-refractivity contribution in [1.82, 2.24) is 0 Å². The van der Waals surface area contributed by atoms with Crippen molar-refractivity contribution in [1.29, 1.82) is 0 Å². The number of nitrogens with one attached hydrogen (secondary N) is 1. The van der Waals surface area contributed by atoms with Crippen LogP contribution in [0.15, 0.2) is 18.2 Å². The molecule has 20 heavy (non-hydrogen) atoms. The van der Waals surface area contributed by atoms with Gasteiger partial charge in [-0.3, -0.25) is 4.79 Å². The molecule has 2 unspecified atom stereocenters. The number of hydrogen-bond donors (Lipinski definition) is 2. The van der Waals surface area contributed by atoms with E-state index in [2.05, 4.69) is 10.1 Å². The van der Waals surface area contributed by atoms with Crippen LogP contribution in [0.25, 0.3) is 0 Å². The van der Waals surface area contributed by atoms with Crippen molar-refractivity contribution in [2.45, 2.75) is 26.5 Å². The van der Waals surface area contributed by atoms with Crippen LogP contribution in [0.5, 0.6) is 11.5 Å². The first kappa shape index (κ1) is 16.2. The van der Waals surface area contributed by atoms with E-state index >= 15 is 0 Å². The van der Waals surface area contributed by atoms with Crippen LogP contribution in [-0.4, -0.2) is 25.7 Å². The van der Waals surface area contributed by atoms with Gasteiger partial charge in [0.25, 0.3) is 0 Å². The maximum Gasteiger partial charge on any atom is 0.387 e. The Morgan fingerprint density at radius 1 is 1.30 bits per heavy atom. The fourth-order valence-electron chi connectivity index (χ4n) is 1.44. The lowest BCUT2D eigenvalue weighted by Gasteiger charge is -2.16. The van der Waals surface area contributed by atoms with E-state index in [0.29, 0.717) is 5.69 Å². The number of nitrogens with two attached hydrogens (primary N) is 1. The van der Waals surface area contributed by atoms with Gasteiger partial charge in [0.15, 0.2) is 11.5 Å². The van der Waals surface area contributed by atoms with Crippen LogP contribution >= 0.6 is 0 Å². The molecular weight excluding hydrogens is 270 g/mol. The Kier molecular flexibility index (Phi) is 5.69. The summed E-state index contributed by atoms with van der Waals surface area (Å²) in [6, 6.07) is 3.92. The van der Waals surface area contributed by atoms with Gasteiger partial charge in [-0.2, -0.15) is 8.78 Å². The van der Waals surface area contributed by atoms with Crippen molar-refractivity contribution < 1.29 is 23.0 Å². The first-order chi connectivity index (χ1) is 9.35. The summed E-state index contributed by atoms with van der Waals surface area (Å²) >= 11 is 0. The molecule has 0 spiro atoms. The fraction of sp³-hybridized carbons (Fsp3) is 0.462. The predicted octanol–water partition coefficient (Wildman–Crippen LogP) is 2.22. The van der Waals surface area contributed by atoms with Crippen LogP contribution in [-0.2, 0) is 4.79 Å². The van der Waals surface area contributed by atoms with Crippen LogP contribution < -0.4 is 20.5 Å². The number of rotatable bonds is 6. The number of hydrogen-bond acceptors (Lipinski definition) is 4. The number of methoxy groups -OCH3 is 1. The highest BCUT2D eigenvalue weighted by Gasteiger charge is 2.18. The van der Waals surface area contributed by atoms with Gasteiger partial charge in [-0.05, 0) is 19.1 Å². The molecule has 0 aliphatic rings. The number of carbonyl (C=O) groups excluding carboxylic acids is 1. The Balaban J connectivity index is 2.89. The minimum Gasteiger partial charge on any atom is -0.493 e. The molecule has 0 saturated carbocycles. The summed E-state index contributed by atoms with van der Waals surface area (Å²) in [4.78, 5) is 11.8. The zero-order valence-corrected chi connectivity index (χ0v) is 11.5. The molecule has 1 aromatic carbocycles. The quantitative estimate of drug-likeness (QED) is 0.841. The summed E-state index contributed by atoms with van der Waals surface area (Å²) < 4.78 is 33.8. The summed E-state index contributed by atoms with van der Waals surface area (Å²) in [6.45, 7) is 0.418. The van der Waals surface area contributed by atoms with Gasteiger partial charge in [0, 0.05) is 17.8 Å². The van der Waals surface area contributed by atoms with Crippen molar-refractivity contribution >= 4 is 11.6 Å². The Morgan fingerprint density at radius 2 is 1.95 bits per heavy atom. The second kappa shape index (κ2) is 7.04. The normalized spacial score (nSPS) is 13.8. The second-order valence-electron chi connectivity index (χ2n) is 4.38. The van der Waals surface area contributed by atoms with E-state index in [1.807, 2.05) is 0 Å². The lowest BCUT2D eigenvalue weighted by Crippen LogP contribution is -2.34. The second-order valence-corrected chi connectivity index (χ2v) is 4.38. The van der Waals surface area contributed by atoms with Gasteiger partial charge >= 0.3 is 6.61 Å². The number of anilines is 1. The largest absolute Gasteiger partial charge is 0.493 e. The van der Waals surface area contributed by atoms with E-state index in [4.69, 9.17) is 10.5 Å². The highest BCUT2D eigenvalue weighted by Crippen LogP contribution is 2.31. The summed E-state index contributed by atoms with van der Waals surface area (Å²) in [5.74, 6) is -0.693. The molecule has 7 heteroatoms. The van der Waals surface area contributed by atoms with Crippen LogP contribution in [0, 0.1) is 5.92 Å². The summed E-state index contributed by atoms with van der Waals surface area (Å²) in [5, 5.41) is 2.59. The molecule has 0 radical (unpaired) electrons. The first-order valence-corrected chi connectivity index (χ1v) is 6.04. The standard InChI is InChI=1S/C13H18F2N2O3/c1-7(8(2)16)12(18)17-9-4-5-10(19-3)11(6-9)20-13(14)15/h4-8,13H,16H2,1-3H3,(H,17,18). The molecule has 1 aromatic rings. The fourth-order valence-corrected chi connectivity index (χ4v) is 1.44. The highest BCUT2D eigenvalue weighted by atomic mass is 19.3. The maximum atomic E-state index is 12.3. The van der Waals surface area contributed by atoms with Crippen molar-refractivity contribution in [3.63, 3.8) is 0 Å². The summed E-state index contributed by atoms with van der Waals surface area (Å²) in [6.07, 6.45) is 0. The van der Waals surface area contributed by atoms with Gasteiger partial charge in [0.05, 0.1) is 13.0 Å². The third kappa shape index (κ3) is 4.34. The molecule has 0 saturated heterocycles. The van der Waals surface area contributed by atoms with Gasteiger partial charge in [-0.1, -0.05) is 6.92 Å². The van der Waals surface area contributed by atoms with E-state index in [-0.39, 0.29) is 23.4 Å². The minimum atomic E-state index is -2.97. The lowest BCUT2D eigenvalue weighted by atomic mass is 10.0. The molecule has 2 atom stereocenters. The van der Waals surface area contributed by atoms with Crippen LogP contribution in [0.2, 0.25) is 0 Å². The van der Waals surface area contributed by atoms with Gasteiger partial charge < -0.3 is 20.5 Å². The Morgan fingerprint density at radius 3 is 2.45 bits per heavy atom. The van der Waals surface area contributed by atoms with E-state index < -0.39 is 12.5 Å². The average molecular weight is 288 g/mol. The molecule has 0 heterocycles. The van der Waals surface area contributed by atoms with Crippen LogP contribution in [0.3, 0.4) is 0 Å². The van der Waals surface area contributed by atoms with Gasteiger partial charge in [-0.25, -0.2) is 0 Å². The molecule has 0 aliphatic carbocycles. The number of carbonyl (C=O) groups is 1. The Labute approximate surface area is 116 Å². The number of alkyl halides is 2. The monoisotopic (exact) mass is 288 g/mol. The van der Waals surface area contributed by atoms with Crippen molar-refractivity contribution in [3.8, 4) is 11.5 Å². The molecule has 0 bridgehead atoms. The first-order valence-electron chi connectivity index (χ1n) is 6.04. The zero-order chi connectivity index (χ0) is 15.3. The Bertz CT molecular complexity index is 467. The van der Waals surface area contributed by atoms with Crippen molar-refractivity contribution in [2.75, 3.05) is 12.4 Å². The smallest absolute Gasteiger partial charge is 0.387 e. The van der Waals surface area contributed by atoms with Gasteiger partial charge in [-0.15, -0.1) is 0 Å². The molecule has 3 N–H and O–H groups in total. The SMILES string of the molecule is COc1ccc(NC(=O)C(C)C(C)N)cc1OC(F)F. The van der Waals surface area contributed by atoms with E-state index in [1.165, 1.54) is 25.3 Å². The van der Waals surface area contributed by atoms with E-state index in [1.54, 1.807) is 13.8 Å².